The average Bonchev–Trinajstić information content (AvgIpc) is 2.29. The Morgan fingerprint density at radius 2 is 2.00 bits per heavy atom. The minimum absolute atomic E-state index is 0.0990. The third-order valence-electron chi connectivity index (χ3n) is 1.88. The maximum Gasteiger partial charge on any atom is 0.253 e. The molecule has 2 amide bonds. The van der Waals surface area contributed by atoms with Gasteiger partial charge >= 0.3 is 0 Å². The minimum Gasteiger partial charge on any atom is -0.358 e. The lowest BCUT2D eigenvalue weighted by Crippen LogP contribution is -2.35. The maximum absolute atomic E-state index is 11.6. The predicted molar refractivity (Wildman–Crippen MR) is 62.9 cm³/mol. The molecule has 0 aliphatic rings. The number of halogens is 2. The lowest BCUT2D eigenvalue weighted by atomic mass is 10.2. The van der Waals surface area contributed by atoms with Crippen LogP contribution in [0.4, 0.5) is 0 Å². The molecule has 0 spiro atoms. The van der Waals surface area contributed by atoms with Gasteiger partial charge in [0.15, 0.2) is 0 Å². The molecule has 0 saturated heterocycles. The van der Waals surface area contributed by atoms with Crippen LogP contribution in [0.3, 0.4) is 0 Å². The summed E-state index contributed by atoms with van der Waals surface area (Å²) in [5.74, 6) is -0.720. The van der Waals surface area contributed by atoms with Crippen molar-refractivity contribution < 1.29 is 9.59 Å². The van der Waals surface area contributed by atoms with Crippen molar-refractivity contribution in [2.45, 2.75) is 0 Å². The predicted octanol–water partition coefficient (Wildman–Crippen LogP) is 1.47. The van der Waals surface area contributed by atoms with Gasteiger partial charge in [-0.15, -0.1) is 0 Å². The van der Waals surface area contributed by atoms with E-state index in [0.29, 0.717) is 5.02 Å². The second-order valence-corrected chi connectivity index (χ2v) is 3.74. The first-order valence-corrected chi connectivity index (χ1v) is 5.24. The highest BCUT2D eigenvalue weighted by Crippen LogP contribution is 2.25. The van der Waals surface area contributed by atoms with Gasteiger partial charge in [-0.3, -0.25) is 9.59 Å². The van der Waals surface area contributed by atoms with Crippen LogP contribution in [-0.4, -0.2) is 25.4 Å². The van der Waals surface area contributed by atoms with Crippen LogP contribution in [0.5, 0.6) is 0 Å². The van der Waals surface area contributed by atoms with Crippen LogP contribution in [0.2, 0.25) is 10.0 Å². The van der Waals surface area contributed by atoms with Crippen LogP contribution in [0.15, 0.2) is 18.2 Å². The first kappa shape index (κ1) is 12.8. The Labute approximate surface area is 103 Å². The number of hydrogen-bond donors (Lipinski definition) is 2. The summed E-state index contributed by atoms with van der Waals surface area (Å²) >= 11 is 11.6. The number of amides is 2. The first-order chi connectivity index (χ1) is 7.56. The zero-order valence-electron chi connectivity index (χ0n) is 8.51. The van der Waals surface area contributed by atoms with Crippen molar-refractivity contribution in [1.82, 2.24) is 10.6 Å². The molecule has 0 bridgehead atoms. The fraction of sp³-hybridized carbons (Fsp3) is 0.200. The van der Waals surface area contributed by atoms with Crippen LogP contribution < -0.4 is 10.6 Å². The lowest BCUT2D eigenvalue weighted by Gasteiger charge is -2.06. The van der Waals surface area contributed by atoms with Gasteiger partial charge in [-0.25, -0.2) is 0 Å². The molecule has 6 heteroatoms. The van der Waals surface area contributed by atoms with Gasteiger partial charge in [0.25, 0.3) is 5.91 Å². The fourth-order valence-corrected chi connectivity index (χ4v) is 1.41. The Hall–Kier alpha value is -1.26. The number of carbonyl (C=O) groups is 2. The molecule has 0 saturated carbocycles. The van der Waals surface area contributed by atoms with E-state index in [1.165, 1.54) is 13.1 Å². The number of rotatable bonds is 3. The molecule has 0 radical (unpaired) electrons. The SMILES string of the molecule is CNC(=O)CNC(=O)c1cccc(Cl)c1Cl. The van der Waals surface area contributed by atoms with E-state index in [1.54, 1.807) is 12.1 Å². The Morgan fingerprint density at radius 3 is 2.62 bits per heavy atom. The summed E-state index contributed by atoms with van der Waals surface area (Å²) in [5, 5.41) is 5.29. The minimum atomic E-state index is -0.434. The molecule has 4 nitrogen and oxygen atoms in total. The van der Waals surface area contributed by atoms with Crippen molar-refractivity contribution in [1.29, 1.82) is 0 Å². The van der Waals surface area contributed by atoms with E-state index in [4.69, 9.17) is 23.2 Å². The molecule has 0 atom stereocenters. The van der Waals surface area contributed by atoms with Gasteiger partial charge in [-0.2, -0.15) is 0 Å². The molecule has 0 heterocycles. The van der Waals surface area contributed by atoms with Crippen LogP contribution in [0.1, 0.15) is 10.4 Å². The second-order valence-electron chi connectivity index (χ2n) is 2.96. The summed E-state index contributed by atoms with van der Waals surface area (Å²) in [4.78, 5) is 22.5. The lowest BCUT2D eigenvalue weighted by molar-refractivity contribution is -0.119. The van der Waals surface area contributed by atoms with E-state index in [1.807, 2.05) is 0 Å². The monoisotopic (exact) mass is 260 g/mol. The van der Waals surface area contributed by atoms with E-state index < -0.39 is 5.91 Å². The number of benzene rings is 1. The average molecular weight is 261 g/mol. The Kier molecular flexibility index (Phi) is 4.58. The largest absolute Gasteiger partial charge is 0.358 e. The highest BCUT2D eigenvalue weighted by molar-refractivity contribution is 6.43. The van der Waals surface area contributed by atoms with Gasteiger partial charge in [0.2, 0.25) is 5.91 Å². The standard InChI is InChI=1S/C10H10Cl2N2O2/c1-13-8(15)5-14-10(16)6-3-2-4-7(11)9(6)12/h2-4H,5H2,1H3,(H,13,15)(H,14,16). The third kappa shape index (κ3) is 3.12. The molecule has 0 fully saturated rings. The molecule has 1 aromatic rings. The highest BCUT2D eigenvalue weighted by atomic mass is 35.5. The Bertz CT molecular complexity index is 421. The zero-order chi connectivity index (χ0) is 12.1. The van der Waals surface area contributed by atoms with Crippen molar-refractivity contribution in [3.8, 4) is 0 Å². The van der Waals surface area contributed by atoms with E-state index in [-0.39, 0.29) is 23.0 Å². The van der Waals surface area contributed by atoms with Gasteiger partial charge in [-0.1, -0.05) is 29.3 Å². The van der Waals surface area contributed by atoms with Crippen molar-refractivity contribution in [2.24, 2.45) is 0 Å². The quantitative estimate of drug-likeness (QED) is 0.865. The Morgan fingerprint density at radius 1 is 1.31 bits per heavy atom. The molecule has 86 valence electrons. The van der Waals surface area contributed by atoms with Gasteiger partial charge in [0, 0.05) is 7.05 Å². The number of hydrogen-bond acceptors (Lipinski definition) is 2. The fourth-order valence-electron chi connectivity index (χ4n) is 1.02. The third-order valence-corrected chi connectivity index (χ3v) is 2.70. The molecule has 0 unspecified atom stereocenters. The maximum atomic E-state index is 11.6. The topological polar surface area (TPSA) is 58.2 Å². The normalized spacial score (nSPS) is 9.69. The zero-order valence-corrected chi connectivity index (χ0v) is 10.0. The number of nitrogens with one attached hydrogen (secondary N) is 2. The van der Waals surface area contributed by atoms with Crippen LogP contribution >= 0.6 is 23.2 Å². The summed E-state index contributed by atoms with van der Waals surface area (Å²) in [6.07, 6.45) is 0. The molecule has 0 aliphatic heterocycles. The molecular formula is C10H10Cl2N2O2. The highest BCUT2D eigenvalue weighted by Gasteiger charge is 2.12. The van der Waals surface area contributed by atoms with Crippen LogP contribution in [-0.2, 0) is 4.79 Å². The van der Waals surface area contributed by atoms with E-state index in [0.717, 1.165) is 0 Å². The van der Waals surface area contributed by atoms with Crippen LogP contribution in [0.25, 0.3) is 0 Å². The molecule has 2 N–H and O–H groups in total. The molecule has 16 heavy (non-hydrogen) atoms. The van der Waals surface area contributed by atoms with E-state index in [2.05, 4.69) is 10.6 Å². The smallest absolute Gasteiger partial charge is 0.253 e. The summed E-state index contributed by atoms with van der Waals surface area (Å²) in [6, 6.07) is 4.73. The van der Waals surface area contributed by atoms with Gasteiger partial charge in [0.1, 0.15) is 0 Å². The second kappa shape index (κ2) is 5.72. The van der Waals surface area contributed by atoms with Gasteiger partial charge in [-0.05, 0) is 12.1 Å². The molecule has 0 aliphatic carbocycles. The van der Waals surface area contributed by atoms with Crippen molar-refractivity contribution in [2.75, 3.05) is 13.6 Å². The van der Waals surface area contributed by atoms with Gasteiger partial charge < -0.3 is 10.6 Å². The first-order valence-electron chi connectivity index (χ1n) is 4.49. The molecule has 0 aromatic heterocycles. The van der Waals surface area contributed by atoms with Crippen LogP contribution in [0, 0.1) is 0 Å². The summed E-state index contributed by atoms with van der Waals surface area (Å²) < 4.78 is 0. The molecule has 1 aromatic carbocycles. The summed E-state index contributed by atoms with van der Waals surface area (Å²) in [5.41, 5.74) is 0.248. The van der Waals surface area contributed by atoms with Crippen molar-refractivity contribution in [3.05, 3.63) is 33.8 Å². The summed E-state index contributed by atoms with van der Waals surface area (Å²) in [6.45, 7) is -0.0990. The Balaban J connectivity index is 2.74. The molecule has 1 rings (SSSR count). The van der Waals surface area contributed by atoms with Crippen molar-refractivity contribution in [3.63, 3.8) is 0 Å². The molecular weight excluding hydrogens is 251 g/mol. The van der Waals surface area contributed by atoms with E-state index >= 15 is 0 Å². The number of likely N-dealkylation sites (N-methyl/N-ethyl adjacent to an activating group) is 1. The van der Waals surface area contributed by atoms with E-state index in [9.17, 15) is 9.59 Å². The number of carbonyl (C=O) groups excluding carboxylic acids is 2. The van der Waals surface area contributed by atoms with Gasteiger partial charge in [0.05, 0.1) is 22.2 Å². The summed E-state index contributed by atoms with van der Waals surface area (Å²) in [7, 11) is 1.49. The van der Waals surface area contributed by atoms with Crippen molar-refractivity contribution >= 4 is 35.0 Å².